The van der Waals surface area contributed by atoms with Crippen LogP contribution in [-0.2, 0) is 5.41 Å². The van der Waals surface area contributed by atoms with Crippen molar-refractivity contribution in [3.05, 3.63) is 35.0 Å². The highest BCUT2D eigenvalue weighted by Crippen LogP contribution is 2.48. The van der Waals surface area contributed by atoms with Crippen LogP contribution in [0.1, 0.15) is 29.7 Å². The Kier molecular flexibility index (Phi) is 1.71. The summed E-state index contributed by atoms with van der Waals surface area (Å²) in [6.45, 7) is 4.22. The first kappa shape index (κ1) is 9.47. The highest BCUT2D eigenvalue weighted by molar-refractivity contribution is 5.85. The van der Waals surface area contributed by atoms with Crippen LogP contribution in [-0.4, -0.2) is 4.98 Å². The Labute approximate surface area is 94.9 Å². The molecule has 16 heavy (non-hydrogen) atoms. The smallest absolute Gasteiger partial charge is 0.0824 e. The van der Waals surface area contributed by atoms with Gasteiger partial charge in [-0.15, -0.1) is 0 Å². The second-order valence-corrected chi connectivity index (χ2v) is 4.83. The van der Waals surface area contributed by atoms with E-state index < -0.39 is 0 Å². The molecule has 1 aromatic carbocycles. The van der Waals surface area contributed by atoms with E-state index in [-0.39, 0.29) is 5.41 Å². The minimum absolute atomic E-state index is 0.175. The Balaban J connectivity index is 2.24. The highest BCUT2D eigenvalue weighted by Gasteiger charge is 2.44. The number of rotatable bonds is 1. The van der Waals surface area contributed by atoms with Gasteiger partial charge in [-0.3, -0.25) is 0 Å². The van der Waals surface area contributed by atoms with Crippen LogP contribution in [0.3, 0.4) is 0 Å². The molecule has 3 rings (SSSR count). The van der Waals surface area contributed by atoms with Gasteiger partial charge in [-0.1, -0.05) is 6.07 Å². The number of H-pyrrole nitrogens is 1. The van der Waals surface area contributed by atoms with Gasteiger partial charge in [0, 0.05) is 16.6 Å². The van der Waals surface area contributed by atoms with E-state index in [1.807, 2.05) is 0 Å². The fraction of sp³-hybridized carbons (Fsp3) is 0.357. The molecular formula is C14H14N2. The molecule has 1 saturated carbocycles. The molecule has 0 atom stereocenters. The molecule has 0 amide bonds. The summed E-state index contributed by atoms with van der Waals surface area (Å²) in [4.78, 5) is 3.36. The molecule has 1 heterocycles. The van der Waals surface area contributed by atoms with Crippen molar-refractivity contribution in [1.82, 2.24) is 4.98 Å². The number of aryl methyl sites for hydroxylation is 2. The molecule has 0 unspecified atom stereocenters. The SMILES string of the molecule is Cc1[nH]c2ccc(C3(C#N)CC3)cc2c1C. The van der Waals surface area contributed by atoms with Gasteiger partial charge in [0.2, 0.25) is 0 Å². The number of nitrogens with zero attached hydrogens (tertiary/aromatic N) is 1. The van der Waals surface area contributed by atoms with Gasteiger partial charge in [0.25, 0.3) is 0 Å². The largest absolute Gasteiger partial charge is 0.358 e. The van der Waals surface area contributed by atoms with Gasteiger partial charge in [-0.05, 0) is 49.9 Å². The van der Waals surface area contributed by atoms with Crippen molar-refractivity contribution in [3.8, 4) is 6.07 Å². The van der Waals surface area contributed by atoms with E-state index in [0.29, 0.717) is 0 Å². The number of hydrogen-bond acceptors (Lipinski definition) is 1. The lowest BCUT2D eigenvalue weighted by atomic mass is 9.96. The molecule has 1 aliphatic rings. The summed E-state index contributed by atoms with van der Waals surface area (Å²) >= 11 is 0. The standard InChI is InChI=1S/C14H14N2/c1-9-10(2)16-13-4-3-11(7-12(9)13)14(8-15)5-6-14/h3-4,7,16H,5-6H2,1-2H3. The quantitative estimate of drug-likeness (QED) is 0.770. The number of fused-ring (bicyclic) bond motifs is 1. The van der Waals surface area contributed by atoms with E-state index in [9.17, 15) is 5.26 Å². The third-order valence-electron chi connectivity index (χ3n) is 3.82. The predicted molar refractivity (Wildman–Crippen MR) is 64.3 cm³/mol. The lowest BCUT2D eigenvalue weighted by Crippen LogP contribution is -2.01. The first-order valence-electron chi connectivity index (χ1n) is 5.67. The zero-order chi connectivity index (χ0) is 11.3. The molecular weight excluding hydrogens is 196 g/mol. The number of aromatic nitrogens is 1. The van der Waals surface area contributed by atoms with Crippen molar-refractivity contribution >= 4 is 10.9 Å². The van der Waals surface area contributed by atoms with Gasteiger partial charge in [-0.2, -0.15) is 5.26 Å². The van der Waals surface area contributed by atoms with Gasteiger partial charge in [0.1, 0.15) is 0 Å². The number of nitrogens with one attached hydrogen (secondary N) is 1. The van der Waals surface area contributed by atoms with Crippen LogP contribution < -0.4 is 0 Å². The molecule has 1 aliphatic carbocycles. The molecule has 1 N–H and O–H groups in total. The summed E-state index contributed by atoms with van der Waals surface area (Å²) in [5.74, 6) is 0. The van der Waals surface area contributed by atoms with Crippen LogP contribution in [0.15, 0.2) is 18.2 Å². The average Bonchev–Trinajstić information content (AvgIpc) is 3.04. The van der Waals surface area contributed by atoms with Crippen LogP contribution in [0.5, 0.6) is 0 Å². The molecule has 80 valence electrons. The summed E-state index contributed by atoms with van der Waals surface area (Å²) in [7, 11) is 0. The van der Waals surface area contributed by atoms with Crippen LogP contribution in [0.25, 0.3) is 10.9 Å². The Morgan fingerprint density at radius 3 is 2.69 bits per heavy atom. The number of aromatic amines is 1. The van der Waals surface area contributed by atoms with Crippen molar-refractivity contribution in [2.24, 2.45) is 0 Å². The number of nitriles is 1. The topological polar surface area (TPSA) is 39.6 Å². The molecule has 2 nitrogen and oxygen atoms in total. The summed E-state index contributed by atoms with van der Waals surface area (Å²) in [5, 5.41) is 10.5. The summed E-state index contributed by atoms with van der Waals surface area (Å²) in [6, 6.07) is 8.82. The van der Waals surface area contributed by atoms with E-state index in [0.717, 1.165) is 12.8 Å². The molecule has 0 bridgehead atoms. The summed E-state index contributed by atoms with van der Waals surface area (Å²) in [5.41, 5.74) is 4.70. The van der Waals surface area contributed by atoms with E-state index in [1.165, 1.54) is 27.7 Å². The highest BCUT2D eigenvalue weighted by atomic mass is 14.7. The normalized spacial score (nSPS) is 17.3. The molecule has 2 aromatic rings. The maximum absolute atomic E-state index is 9.20. The van der Waals surface area contributed by atoms with Gasteiger partial charge < -0.3 is 4.98 Å². The Morgan fingerprint density at radius 2 is 2.06 bits per heavy atom. The summed E-state index contributed by atoms with van der Waals surface area (Å²) < 4.78 is 0. The maximum Gasteiger partial charge on any atom is 0.0824 e. The Hall–Kier alpha value is -1.75. The second kappa shape index (κ2) is 2.89. The van der Waals surface area contributed by atoms with Crippen LogP contribution >= 0.6 is 0 Å². The molecule has 0 aliphatic heterocycles. The molecule has 2 heteroatoms. The monoisotopic (exact) mass is 210 g/mol. The molecule has 1 fully saturated rings. The fourth-order valence-corrected chi connectivity index (χ4v) is 2.35. The van der Waals surface area contributed by atoms with Crippen molar-refractivity contribution in [3.63, 3.8) is 0 Å². The van der Waals surface area contributed by atoms with Crippen molar-refractivity contribution in [2.75, 3.05) is 0 Å². The zero-order valence-electron chi connectivity index (χ0n) is 9.59. The van der Waals surface area contributed by atoms with E-state index >= 15 is 0 Å². The predicted octanol–water partition coefficient (Wildman–Crippen LogP) is 3.34. The lowest BCUT2D eigenvalue weighted by molar-refractivity contribution is 0.911. The fourth-order valence-electron chi connectivity index (χ4n) is 2.35. The van der Waals surface area contributed by atoms with Crippen LogP contribution in [0, 0.1) is 25.2 Å². The first-order chi connectivity index (χ1) is 7.66. The summed E-state index contributed by atoms with van der Waals surface area (Å²) in [6.07, 6.45) is 2.02. The van der Waals surface area contributed by atoms with Crippen molar-refractivity contribution in [1.29, 1.82) is 5.26 Å². The molecule has 0 radical (unpaired) electrons. The van der Waals surface area contributed by atoms with E-state index in [1.54, 1.807) is 0 Å². The van der Waals surface area contributed by atoms with Crippen molar-refractivity contribution < 1.29 is 0 Å². The van der Waals surface area contributed by atoms with Crippen molar-refractivity contribution in [2.45, 2.75) is 32.1 Å². The van der Waals surface area contributed by atoms with Crippen LogP contribution in [0.2, 0.25) is 0 Å². The van der Waals surface area contributed by atoms with Gasteiger partial charge >= 0.3 is 0 Å². The lowest BCUT2D eigenvalue weighted by Gasteiger charge is -2.05. The molecule has 0 spiro atoms. The zero-order valence-corrected chi connectivity index (χ0v) is 9.59. The van der Waals surface area contributed by atoms with Crippen LogP contribution in [0.4, 0.5) is 0 Å². The third-order valence-corrected chi connectivity index (χ3v) is 3.82. The Bertz CT molecular complexity index is 609. The minimum atomic E-state index is -0.175. The van der Waals surface area contributed by atoms with Gasteiger partial charge in [0.05, 0.1) is 11.5 Å². The van der Waals surface area contributed by atoms with Gasteiger partial charge in [0.15, 0.2) is 0 Å². The van der Waals surface area contributed by atoms with E-state index in [4.69, 9.17) is 0 Å². The Morgan fingerprint density at radius 1 is 1.31 bits per heavy atom. The third kappa shape index (κ3) is 1.12. The second-order valence-electron chi connectivity index (χ2n) is 4.83. The number of hydrogen-bond donors (Lipinski definition) is 1. The number of benzene rings is 1. The maximum atomic E-state index is 9.20. The van der Waals surface area contributed by atoms with E-state index in [2.05, 4.69) is 43.1 Å². The molecule has 0 saturated heterocycles. The first-order valence-corrected chi connectivity index (χ1v) is 5.67. The average molecular weight is 210 g/mol. The molecule has 1 aromatic heterocycles. The van der Waals surface area contributed by atoms with Gasteiger partial charge in [-0.25, -0.2) is 0 Å². The minimum Gasteiger partial charge on any atom is -0.358 e.